The molecule has 0 radical (unpaired) electrons. The predicted octanol–water partition coefficient (Wildman–Crippen LogP) is 4.20. The van der Waals surface area contributed by atoms with E-state index in [0.29, 0.717) is 31.9 Å². The predicted molar refractivity (Wildman–Crippen MR) is 154 cm³/mol. The van der Waals surface area contributed by atoms with Gasteiger partial charge in [0, 0.05) is 43.4 Å². The summed E-state index contributed by atoms with van der Waals surface area (Å²) in [6.45, 7) is 3.98. The Morgan fingerprint density at radius 3 is 2.44 bits per heavy atom. The number of guanidine groups is 1. The third kappa shape index (κ3) is 5.67. The number of amidine groups is 1. The van der Waals surface area contributed by atoms with Gasteiger partial charge in [0.15, 0.2) is 5.96 Å². The molecule has 1 unspecified atom stereocenters. The van der Waals surface area contributed by atoms with Crippen LogP contribution < -0.4 is 16.2 Å². The maximum Gasteiger partial charge on any atom is 0.354 e. The fourth-order valence-electron chi connectivity index (χ4n) is 5.16. The Labute approximate surface area is 227 Å². The molecule has 1 fully saturated rings. The fraction of sp³-hybridized carbons (Fsp3) is 0.300. The molecule has 2 aliphatic rings. The first-order valence-electron chi connectivity index (χ1n) is 13.2. The molecule has 6 N–H and O–H groups in total. The van der Waals surface area contributed by atoms with E-state index < -0.39 is 0 Å². The minimum absolute atomic E-state index is 0.0499. The van der Waals surface area contributed by atoms with Crippen molar-refractivity contribution in [2.75, 3.05) is 19.7 Å². The number of aromatic nitrogens is 1. The average molecular weight is 527 g/mol. The largest absolute Gasteiger partial charge is 0.490 e. The number of likely N-dealkylation sites (tertiary alicyclic amines) is 1. The summed E-state index contributed by atoms with van der Waals surface area (Å²) in [7, 11) is 0. The maximum absolute atomic E-state index is 12.9. The number of rotatable bonds is 7. The quantitative estimate of drug-likeness (QED) is 0.206. The lowest BCUT2D eigenvalue weighted by Gasteiger charge is -2.32. The number of nitrogens with two attached hydrogens (primary N) is 2. The summed E-state index contributed by atoms with van der Waals surface area (Å²) < 4.78 is 13.6. The van der Waals surface area contributed by atoms with E-state index in [-0.39, 0.29) is 29.8 Å². The Morgan fingerprint density at radius 1 is 1.00 bits per heavy atom. The Kier molecular flexibility index (Phi) is 7.40. The van der Waals surface area contributed by atoms with E-state index in [0.717, 1.165) is 46.2 Å². The lowest BCUT2D eigenvalue weighted by atomic mass is 10.0. The Bertz CT molecular complexity index is 1480. The van der Waals surface area contributed by atoms with E-state index in [9.17, 15) is 4.79 Å². The minimum atomic E-state index is -0.366. The lowest BCUT2D eigenvalue weighted by Crippen LogP contribution is -2.44. The zero-order valence-corrected chi connectivity index (χ0v) is 22.0. The molecule has 5 rings (SSSR count). The number of hydrogen-bond acceptors (Lipinski definition) is 5. The van der Waals surface area contributed by atoms with Gasteiger partial charge in [0.25, 0.3) is 0 Å². The second-order valence-corrected chi connectivity index (χ2v) is 9.91. The van der Waals surface area contributed by atoms with E-state index in [1.165, 1.54) is 0 Å². The average Bonchev–Trinajstić information content (AvgIpc) is 3.12. The van der Waals surface area contributed by atoms with E-state index in [1.54, 1.807) is 6.92 Å². The van der Waals surface area contributed by atoms with E-state index in [2.05, 4.69) is 12.1 Å². The van der Waals surface area contributed by atoms with E-state index >= 15 is 0 Å². The molecular weight excluding hydrogens is 492 g/mol. The molecule has 0 amide bonds. The highest BCUT2D eigenvalue weighted by Crippen LogP contribution is 2.29. The van der Waals surface area contributed by atoms with Crippen molar-refractivity contribution in [1.82, 2.24) is 9.47 Å². The van der Waals surface area contributed by atoms with Crippen LogP contribution in [-0.4, -0.2) is 53.0 Å². The van der Waals surface area contributed by atoms with Crippen LogP contribution >= 0.6 is 0 Å². The van der Waals surface area contributed by atoms with Gasteiger partial charge in [-0.05, 0) is 53.9 Å². The van der Waals surface area contributed by atoms with Crippen LogP contribution in [0.3, 0.4) is 0 Å². The van der Waals surface area contributed by atoms with Gasteiger partial charge in [-0.2, -0.15) is 0 Å². The molecule has 9 nitrogen and oxygen atoms in total. The van der Waals surface area contributed by atoms with Crippen LogP contribution in [-0.2, 0) is 11.3 Å². The van der Waals surface area contributed by atoms with Crippen LogP contribution in [0.1, 0.15) is 46.9 Å². The molecule has 9 heteroatoms. The summed E-state index contributed by atoms with van der Waals surface area (Å²) in [4.78, 5) is 14.8. The number of esters is 1. The van der Waals surface area contributed by atoms with Crippen molar-refractivity contribution in [2.45, 2.75) is 32.4 Å². The molecule has 1 atom stereocenters. The number of benzene rings is 2. The number of ether oxygens (including phenoxy) is 2. The summed E-state index contributed by atoms with van der Waals surface area (Å²) in [5.41, 5.74) is 15.8. The molecule has 39 heavy (non-hydrogen) atoms. The highest BCUT2D eigenvalue weighted by Gasteiger charge is 2.22. The van der Waals surface area contributed by atoms with Crippen molar-refractivity contribution >= 4 is 40.8 Å². The maximum atomic E-state index is 12.9. The van der Waals surface area contributed by atoms with Crippen LogP contribution in [0.15, 0.2) is 54.6 Å². The van der Waals surface area contributed by atoms with Crippen molar-refractivity contribution in [3.05, 3.63) is 77.0 Å². The molecule has 1 aliphatic heterocycles. The van der Waals surface area contributed by atoms with Gasteiger partial charge in [0.2, 0.25) is 0 Å². The summed E-state index contributed by atoms with van der Waals surface area (Å²) >= 11 is 0. The Balaban J connectivity index is 1.42. The van der Waals surface area contributed by atoms with Crippen LogP contribution in [0.2, 0.25) is 0 Å². The molecule has 1 saturated heterocycles. The van der Waals surface area contributed by atoms with Crippen molar-refractivity contribution in [3.8, 4) is 5.75 Å². The summed E-state index contributed by atoms with van der Waals surface area (Å²) in [5.74, 6) is 0.374. The molecule has 2 heterocycles. The number of carbonyl (C=O) groups excluding carboxylic acids is 1. The third-order valence-corrected chi connectivity index (χ3v) is 7.26. The molecular formula is C30H34N6O3. The molecule has 0 saturated carbocycles. The van der Waals surface area contributed by atoms with Crippen molar-refractivity contribution in [1.29, 1.82) is 10.8 Å². The molecule has 1 aliphatic carbocycles. The first-order valence-corrected chi connectivity index (χ1v) is 13.2. The summed E-state index contributed by atoms with van der Waals surface area (Å²) in [6, 6.07) is 14.0. The van der Waals surface area contributed by atoms with Crippen molar-refractivity contribution in [3.63, 3.8) is 0 Å². The summed E-state index contributed by atoms with van der Waals surface area (Å²) in [5, 5.41) is 16.3. The fourth-order valence-corrected chi connectivity index (χ4v) is 5.16. The first kappa shape index (κ1) is 26.1. The summed E-state index contributed by atoms with van der Waals surface area (Å²) in [6.07, 6.45) is 9.48. The first-order chi connectivity index (χ1) is 18.8. The SMILES string of the molecule is CCOC(=O)c1cc2cc(OC3CCN(C(=N)N)CC3)ccc2n1Cc1ccc2c(c1)C=CC(C(=N)N)C=C2. The highest BCUT2D eigenvalue weighted by molar-refractivity contribution is 5.96. The van der Waals surface area contributed by atoms with E-state index in [4.69, 9.17) is 31.8 Å². The van der Waals surface area contributed by atoms with Gasteiger partial charge < -0.3 is 30.4 Å². The smallest absolute Gasteiger partial charge is 0.354 e. The molecule has 202 valence electrons. The third-order valence-electron chi connectivity index (χ3n) is 7.26. The molecule has 1 aromatic heterocycles. The van der Waals surface area contributed by atoms with Gasteiger partial charge in [0.05, 0.1) is 12.5 Å². The molecule has 0 spiro atoms. The monoisotopic (exact) mass is 526 g/mol. The zero-order valence-electron chi connectivity index (χ0n) is 22.0. The van der Waals surface area contributed by atoms with E-state index in [1.807, 2.05) is 64.1 Å². The Morgan fingerprint density at radius 2 is 1.74 bits per heavy atom. The van der Waals surface area contributed by atoms with Gasteiger partial charge in [-0.15, -0.1) is 0 Å². The molecule has 3 aromatic rings. The molecule has 2 aromatic carbocycles. The second kappa shape index (κ2) is 11.1. The number of piperidine rings is 1. The Hall–Kier alpha value is -4.53. The number of carbonyl (C=O) groups is 1. The van der Waals surface area contributed by atoms with Crippen LogP contribution in [0.5, 0.6) is 5.75 Å². The van der Waals surface area contributed by atoms with Crippen LogP contribution in [0, 0.1) is 16.7 Å². The number of fused-ring (bicyclic) bond motifs is 2. The van der Waals surface area contributed by atoms with Crippen molar-refractivity contribution < 1.29 is 14.3 Å². The topological polar surface area (TPSA) is 143 Å². The van der Waals surface area contributed by atoms with Gasteiger partial charge in [0.1, 0.15) is 23.4 Å². The zero-order chi connectivity index (χ0) is 27.5. The number of nitrogens with one attached hydrogen (secondary N) is 2. The lowest BCUT2D eigenvalue weighted by molar-refractivity contribution is 0.0515. The number of nitrogens with zero attached hydrogens (tertiary/aromatic N) is 2. The molecule has 0 bridgehead atoms. The number of hydrogen-bond donors (Lipinski definition) is 4. The van der Waals surface area contributed by atoms with Crippen LogP contribution in [0.4, 0.5) is 0 Å². The van der Waals surface area contributed by atoms with Crippen molar-refractivity contribution in [2.24, 2.45) is 17.4 Å². The van der Waals surface area contributed by atoms with Gasteiger partial charge in [-0.1, -0.05) is 36.4 Å². The minimum Gasteiger partial charge on any atom is -0.490 e. The van der Waals surface area contributed by atoms with Gasteiger partial charge >= 0.3 is 5.97 Å². The highest BCUT2D eigenvalue weighted by atomic mass is 16.5. The van der Waals surface area contributed by atoms with Gasteiger partial charge in [-0.25, -0.2) is 4.79 Å². The second-order valence-electron chi connectivity index (χ2n) is 9.91. The van der Waals surface area contributed by atoms with Gasteiger partial charge in [-0.3, -0.25) is 10.8 Å². The standard InChI is InChI=1S/C30H34N6O3/c1-2-38-29(37)27-17-23-16-25(39-24-11-13-35(14-12-24)30(33)34)9-10-26(23)36(27)18-19-3-4-20-5-6-21(28(31)32)7-8-22(20)15-19/h3-10,15-17,21,24H,2,11-14,18H2,1H3,(H3,31,32)(H3,33,34). The van der Waals surface area contributed by atoms with Crippen LogP contribution in [0.25, 0.3) is 23.1 Å². The normalized spacial score (nSPS) is 17.1.